The minimum Gasteiger partial charge on any atom is -0.302 e. The Kier molecular flexibility index (Phi) is 5.50. The number of rotatable bonds is 6. The molecule has 0 aliphatic heterocycles. The summed E-state index contributed by atoms with van der Waals surface area (Å²) < 4.78 is 1.87. The normalized spacial score (nSPS) is 12.4. The number of aromatic nitrogens is 2. The van der Waals surface area contributed by atoms with Gasteiger partial charge in [0, 0.05) is 6.42 Å². The van der Waals surface area contributed by atoms with E-state index in [-0.39, 0.29) is 6.04 Å². The topological polar surface area (TPSA) is 41.6 Å². The predicted octanol–water partition coefficient (Wildman–Crippen LogP) is 3.92. The molecule has 4 heteroatoms. The van der Waals surface area contributed by atoms with Crippen LogP contribution >= 0.6 is 11.6 Å². The molecule has 0 spiro atoms. The highest BCUT2D eigenvalue weighted by atomic mass is 35.5. The molecule has 0 bridgehead atoms. The van der Waals surface area contributed by atoms with Crippen molar-refractivity contribution in [3.8, 4) is 6.07 Å². The summed E-state index contributed by atoms with van der Waals surface area (Å²) in [6.45, 7) is 6.11. The Balaban J connectivity index is 3.07. The van der Waals surface area contributed by atoms with Gasteiger partial charge in [0.05, 0.1) is 11.8 Å². The number of hydrogen-bond acceptors (Lipinski definition) is 2. The Bertz CT molecular complexity index is 404. The Labute approximate surface area is 108 Å². The van der Waals surface area contributed by atoms with E-state index in [0.717, 1.165) is 43.6 Å². The van der Waals surface area contributed by atoms with Crippen LogP contribution in [0.4, 0.5) is 0 Å². The molecule has 0 saturated heterocycles. The van der Waals surface area contributed by atoms with Gasteiger partial charge in [-0.1, -0.05) is 31.9 Å². The van der Waals surface area contributed by atoms with Gasteiger partial charge in [0.15, 0.2) is 0 Å². The van der Waals surface area contributed by atoms with Crippen LogP contribution in [0, 0.1) is 11.3 Å². The molecule has 0 saturated carbocycles. The zero-order valence-electron chi connectivity index (χ0n) is 10.8. The van der Waals surface area contributed by atoms with Gasteiger partial charge in [-0.15, -0.1) is 0 Å². The maximum atomic E-state index is 9.03. The molecule has 1 rings (SSSR count). The van der Waals surface area contributed by atoms with Crippen LogP contribution in [0.15, 0.2) is 0 Å². The van der Waals surface area contributed by atoms with Crippen LogP contribution in [-0.2, 0) is 12.8 Å². The zero-order valence-corrected chi connectivity index (χ0v) is 11.6. The van der Waals surface area contributed by atoms with Gasteiger partial charge in [0.2, 0.25) is 0 Å². The van der Waals surface area contributed by atoms with Crippen molar-refractivity contribution in [1.29, 1.82) is 5.26 Å². The SMILES string of the molecule is CCCCc1nc(CCC)n(C(C)C#N)c1Cl. The number of imidazole rings is 1. The molecular formula is C13H20ClN3. The Morgan fingerprint density at radius 1 is 1.35 bits per heavy atom. The number of unbranched alkanes of at least 4 members (excludes halogenated alkanes) is 1. The average molecular weight is 254 g/mol. The van der Waals surface area contributed by atoms with E-state index in [1.165, 1.54) is 0 Å². The van der Waals surface area contributed by atoms with Crippen molar-refractivity contribution < 1.29 is 0 Å². The summed E-state index contributed by atoms with van der Waals surface area (Å²) in [6.07, 6.45) is 5.00. The molecule has 0 radical (unpaired) electrons. The zero-order chi connectivity index (χ0) is 12.8. The lowest BCUT2D eigenvalue weighted by atomic mass is 10.2. The van der Waals surface area contributed by atoms with Gasteiger partial charge < -0.3 is 4.57 Å². The molecule has 0 aromatic carbocycles. The van der Waals surface area contributed by atoms with E-state index in [4.69, 9.17) is 16.9 Å². The van der Waals surface area contributed by atoms with Gasteiger partial charge in [0.25, 0.3) is 0 Å². The first-order valence-corrected chi connectivity index (χ1v) is 6.68. The Morgan fingerprint density at radius 3 is 2.59 bits per heavy atom. The van der Waals surface area contributed by atoms with Gasteiger partial charge in [-0.25, -0.2) is 4.98 Å². The smallest absolute Gasteiger partial charge is 0.133 e. The molecule has 0 fully saturated rings. The number of aryl methyl sites for hydroxylation is 2. The molecule has 0 N–H and O–H groups in total. The molecule has 94 valence electrons. The summed E-state index contributed by atoms with van der Waals surface area (Å²) in [5, 5.41) is 9.68. The summed E-state index contributed by atoms with van der Waals surface area (Å²) in [4.78, 5) is 4.59. The first kappa shape index (κ1) is 14.1. The van der Waals surface area contributed by atoms with E-state index in [1.807, 2.05) is 11.5 Å². The standard InChI is InChI=1S/C13H20ClN3/c1-4-6-8-11-13(14)17(10(3)9-15)12(16-11)7-5-2/h10H,4-8H2,1-3H3. The van der Waals surface area contributed by atoms with Crippen molar-refractivity contribution in [3.05, 3.63) is 16.7 Å². The lowest BCUT2D eigenvalue weighted by molar-refractivity contribution is 0.622. The largest absolute Gasteiger partial charge is 0.302 e. The molecule has 1 aromatic heterocycles. The molecule has 1 unspecified atom stereocenters. The van der Waals surface area contributed by atoms with Crippen molar-refractivity contribution in [1.82, 2.24) is 9.55 Å². The highest BCUT2D eigenvalue weighted by Crippen LogP contribution is 2.25. The molecule has 1 aromatic rings. The average Bonchev–Trinajstić information content (AvgIpc) is 2.63. The fraction of sp³-hybridized carbons (Fsp3) is 0.692. The van der Waals surface area contributed by atoms with Crippen LogP contribution in [0.25, 0.3) is 0 Å². The van der Waals surface area contributed by atoms with E-state index < -0.39 is 0 Å². The predicted molar refractivity (Wildman–Crippen MR) is 70.2 cm³/mol. The van der Waals surface area contributed by atoms with Crippen LogP contribution in [0.2, 0.25) is 5.15 Å². The third-order valence-corrected chi connectivity index (χ3v) is 3.21. The first-order valence-electron chi connectivity index (χ1n) is 6.30. The summed E-state index contributed by atoms with van der Waals surface area (Å²) >= 11 is 6.32. The summed E-state index contributed by atoms with van der Waals surface area (Å²) in [5.74, 6) is 0.942. The van der Waals surface area contributed by atoms with Crippen LogP contribution < -0.4 is 0 Å². The van der Waals surface area contributed by atoms with Crippen molar-refractivity contribution in [2.45, 2.75) is 58.9 Å². The van der Waals surface area contributed by atoms with E-state index in [1.54, 1.807) is 0 Å². The maximum absolute atomic E-state index is 9.03. The molecule has 0 amide bonds. The Morgan fingerprint density at radius 2 is 2.06 bits per heavy atom. The van der Waals surface area contributed by atoms with Gasteiger partial charge in [-0.3, -0.25) is 0 Å². The first-order chi connectivity index (χ1) is 8.15. The third kappa shape index (κ3) is 3.23. The van der Waals surface area contributed by atoms with Crippen LogP contribution in [-0.4, -0.2) is 9.55 Å². The van der Waals surface area contributed by atoms with E-state index >= 15 is 0 Å². The molecule has 1 atom stereocenters. The number of nitrogens with zero attached hydrogens (tertiary/aromatic N) is 3. The monoisotopic (exact) mass is 253 g/mol. The van der Waals surface area contributed by atoms with Crippen molar-refractivity contribution >= 4 is 11.6 Å². The summed E-state index contributed by atoms with van der Waals surface area (Å²) in [6, 6.07) is 1.99. The third-order valence-electron chi connectivity index (χ3n) is 2.81. The number of halogens is 1. The maximum Gasteiger partial charge on any atom is 0.133 e. The second kappa shape index (κ2) is 6.66. The van der Waals surface area contributed by atoms with Crippen molar-refractivity contribution in [2.75, 3.05) is 0 Å². The van der Waals surface area contributed by atoms with Crippen LogP contribution in [0.3, 0.4) is 0 Å². The second-order valence-electron chi connectivity index (χ2n) is 4.29. The molecular weight excluding hydrogens is 234 g/mol. The van der Waals surface area contributed by atoms with Crippen LogP contribution in [0.1, 0.15) is 57.6 Å². The van der Waals surface area contributed by atoms with Gasteiger partial charge in [-0.05, 0) is 26.2 Å². The minimum absolute atomic E-state index is 0.244. The molecule has 0 aliphatic carbocycles. The summed E-state index contributed by atoms with van der Waals surface area (Å²) in [7, 11) is 0. The van der Waals surface area contributed by atoms with Gasteiger partial charge >= 0.3 is 0 Å². The van der Waals surface area contributed by atoms with Crippen molar-refractivity contribution in [3.63, 3.8) is 0 Å². The summed E-state index contributed by atoms with van der Waals surface area (Å²) in [5.41, 5.74) is 0.944. The van der Waals surface area contributed by atoms with Crippen LogP contribution in [0.5, 0.6) is 0 Å². The molecule has 17 heavy (non-hydrogen) atoms. The fourth-order valence-electron chi connectivity index (χ4n) is 1.86. The quantitative estimate of drug-likeness (QED) is 0.771. The van der Waals surface area contributed by atoms with E-state index in [9.17, 15) is 0 Å². The lowest BCUT2D eigenvalue weighted by Gasteiger charge is -2.10. The molecule has 0 aliphatic rings. The van der Waals surface area contributed by atoms with E-state index in [2.05, 4.69) is 24.9 Å². The number of hydrogen-bond donors (Lipinski definition) is 0. The van der Waals surface area contributed by atoms with E-state index in [0.29, 0.717) is 5.15 Å². The van der Waals surface area contributed by atoms with Gasteiger partial charge in [0.1, 0.15) is 17.0 Å². The highest BCUT2D eigenvalue weighted by Gasteiger charge is 2.18. The number of nitriles is 1. The van der Waals surface area contributed by atoms with Crippen molar-refractivity contribution in [2.24, 2.45) is 0 Å². The minimum atomic E-state index is -0.244. The highest BCUT2D eigenvalue weighted by molar-refractivity contribution is 6.30. The van der Waals surface area contributed by atoms with Gasteiger partial charge in [-0.2, -0.15) is 5.26 Å². The second-order valence-corrected chi connectivity index (χ2v) is 4.65. The Hall–Kier alpha value is -1.01. The lowest BCUT2D eigenvalue weighted by Crippen LogP contribution is -2.07. The fourth-order valence-corrected chi connectivity index (χ4v) is 2.24. The molecule has 3 nitrogen and oxygen atoms in total. The molecule has 1 heterocycles.